The highest BCUT2D eigenvalue weighted by Gasteiger charge is 2.02. The van der Waals surface area contributed by atoms with E-state index in [9.17, 15) is 0 Å². The van der Waals surface area contributed by atoms with Crippen molar-refractivity contribution in [1.29, 1.82) is 0 Å². The first-order chi connectivity index (χ1) is 6.29. The molecule has 1 aromatic rings. The quantitative estimate of drug-likeness (QED) is 0.759. The third-order valence-corrected chi connectivity index (χ3v) is 2.21. The number of para-hydroxylation sites is 1. The second kappa shape index (κ2) is 4.92. The Kier molecular flexibility index (Phi) is 3.83. The highest BCUT2D eigenvalue weighted by Crippen LogP contribution is 2.29. The average Bonchev–Trinajstić information content (AvgIpc) is 2.15. The van der Waals surface area contributed by atoms with Crippen LogP contribution in [0, 0.1) is 0 Å². The monoisotopic (exact) mass is 242 g/mol. The summed E-state index contributed by atoms with van der Waals surface area (Å²) in [6.45, 7) is 0. The van der Waals surface area contributed by atoms with Gasteiger partial charge in [0.2, 0.25) is 0 Å². The maximum absolute atomic E-state index is 5.22. The average molecular weight is 243 g/mol. The zero-order valence-corrected chi connectivity index (χ0v) is 9.17. The van der Waals surface area contributed by atoms with Gasteiger partial charge in [-0.25, -0.2) is 0 Å². The van der Waals surface area contributed by atoms with Crippen LogP contribution in [0.5, 0.6) is 5.75 Å². The van der Waals surface area contributed by atoms with E-state index in [1.807, 2.05) is 24.3 Å². The molecule has 1 rings (SSSR count). The maximum atomic E-state index is 5.22. The summed E-state index contributed by atoms with van der Waals surface area (Å²) in [6, 6.07) is 5.84. The smallest absolute Gasteiger partial charge is 0.140 e. The Morgan fingerprint density at radius 1 is 1.31 bits per heavy atom. The van der Waals surface area contributed by atoms with Crippen LogP contribution in [0.2, 0.25) is 0 Å². The molecule has 1 aromatic carbocycles. The van der Waals surface area contributed by atoms with Crippen LogP contribution >= 0.6 is 15.9 Å². The molecule has 0 aliphatic carbocycles. The van der Waals surface area contributed by atoms with Crippen molar-refractivity contribution in [1.82, 2.24) is 0 Å². The molecule has 0 N–H and O–H groups in total. The van der Waals surface area contributed by atoms with Gasteiger partial charge in [0.05, 0.1) is 25.0 Å². The summed E-state index contributed by atoms with van der Waals surface area (Å²) < 4.78 is 11.0. The lowest BCUT2D eigenvalue weighted by atomic mass is 10.2. The molecule has 2 nitrogen and oxygen atoms in total. The minimum absolute atomic E-state index is 0.816. The number of methoxy groups -OCH3 is 2. The Labute approximate surface area is 86.3 Å². The molecule has 0 aliphatic rings. The first-order valence-corrected chi connectivity index (χ1v) is 4.60. The van der Waals surface area contributed by atoms with Crippen LogP contribution in [0.3, 0.4) is 0 Å². The molecule has 0 amide bonds. The molecule has 0 aliphatic heterocycles. The lowest BCUT2D eigenvalue weighted by Crippen LogP contribution is -1.87. The summed E-state index contributed by atoms with van der Waals surface area (Å²) in [6.07, 6.45) is 3.47. The molecule has 0 saturated carbocycles. The number of halogens is 1. The van der Waals surface area contributed by atoms with Gasteiger partial charge in [0.25, 0.3) is 0 Å². The van der Waals surface area contributed by atoms with Gasteiger partial charge in [0, 0.05) is 5.56 Å². The lowest BCUT2D eigenvalue weighted by molar-refractivity contribution is 0.341. The van der Waals surface area contributed by atoms with Gasteiger partial charge in [0.15, 0.2) is 0 Å². The van der Waals surface area contributed by atoms with E-state index in [2.05, 4.69) is 15.9 Å². The first-order valence-electron chi connectivity index (χ1n) is 3.81. The summed E-state index contributed by atoms with van der Waals surface area (Å²) in [4.78, 5) is 0. The summed E-state index contributed by atoms with van der Waals surface area (Å²) in [5.74, 6) is 0.816. The fourth-order valence-electron chi connectivity index (χ4n) is 1.01. The standard InChI is InChI=1S/C10H11BrO2/c1-12-7-6-8-4-3-5-9(11)10(8)13-2/h3-7H,1-2H3. The molecule has 0 atom stereocenters. The Morgan fingerprint density at radius 3 is 2.69 bits per heavy atom. The van der Waals surface area contributed by atoms with E-state index in [-0.39, 0.29) is 0 Å². The van der Waals surface area contributed by atoms with Gasteiger partial charge in [0.1, 0.15) is 5.75 Å². The first kappa shape index (κ1) is 10.1. The third kappa shape index (κ3) is 2.49. The van der Waals surface area contributed by atoms with Crippen molar-refractivity contribution in [3.8, 4) is 5.75 Å². The van der Waals surface area contributed by atoms with Gasteiger partial charge in [-0.2, -0.15) is 0 Å². The molecule has 0 bridgehead atoms. The van der Waals surface area contributed by atoms with Crippen molar-refractivity contribution in [2.75, 3.05) is 14.2 Å². The molecule has 0 unspecified atom stereocenters. The molecule has 0 radical (unpaired) electrons. The predicted octanol–water partition coefficient (Wildman–Crippen LogP) is 3.07. The summed E-state index contributed by atoms with van der Waals surface area (Å²) >= 11 is 3.40. The van der Waals surface area contributed by atoms with E-state index in [1.54, 1.807) is 20.5 Å². The molecule has 0 aromatic heterocycles. The third-order valence-electron chi connectivity index (χ3n) is 1.59. The molecule has 0 fully saturated rings. The Bertz CT molecular complexity index is 308. The predicted molar refractivity (Wildman–Crippen MR) is 56.7 cm³/mol. The summed E-state index contributed by atoms with van der Waals surface area (Å²) in [5, 5.41) is 0. The molecule has 0 heterocycles. The van der Waals surface area contributed by atoms with Gasteiger partial charge < -0.3 is 9.47 Å². The Balaban J connectivity index is 3.05. The molecule has 0 spiro atoms. The van der Waals surface area contributed by atoms with Crippen LogP contribution in [0.25, 0.3) is 6.08 Å². The number of benzene rings is 1. The minimum Gasteiger partial charge on any atom is -0.504 e. The van der Waals surface area contributed by atoms with E-state index in [0.29, 0.717) is 0 Å². The Morgan fingerprint density at radius 2 is 2.08 bits per heavy atom. The molecule has 70 valence electrons. The Hall–Kier alpha value is -0.960. The van der Waals surface area contributed by atoms with E-state index in [4.69, 9.17) is 9.47 Å². The van der Waals surface area contributed by atoms with Crippen LogP contribution < -0.4 is 4.74 Å². The molecular formula is C10H11BrO2. The summed E-state index contributed by atoms with van der Waals surface area (Å²) in [7, 11) is 3.26. The van der Waals surface area contributed by atoms with Crippen molar-refractivity contribution in [3.05, 3.63) is 34.5 Å². The van der Waals surface area contributed by atoms with Crippen LogP contribution in [-0.4, -0.2) is 14.2 Å². The van der Waals surface area contributed by atoms with Gasteiger partial charge in [-0.1, -0.05) is 12.1 Å². The SMILES string of the molecule is COC=Cc1cccc(Br)c1OC. The normalized spacial score (nSPS) is 10.4. The van der Waals surface area contributed by atoms with Gasteiger partial charge in [-0.3, -0.25) is 0 Å². The van der Waals surface area contributed by atoms with Crippen LogP contribution in [0.15, 0.2) is 28.9 Å². The van der Waals surface area contributed by atoms with E-state index >= 15 is 0 Å². The van der Waals surface area contributed by atoms with Crippen LogP contribution in [-0.2, 0) is 4.74 Å². The van der Waals surface area contributed by atoms with E-state index in [1.165, 1.54) is 0 Å². The number of rotatable bonds is 3. The highest BCUT2D eigenvalue weighted by atomic mass is 79.9. The highest BCUT2D eigenvalue weighted by molar-refractivity contribution is 9.10. The van der Waals surface area contributed by atoms with Crippen LogP contribution in [0.1, 0.15) is 5.56 Å². The van der Waals surface area contributed by atoms with E-state index in [0.717, 1.165) is 15.8 Å². The maximum Gasteiger partial charge on any atom is 0.140 e. The van der Waals surface area contributed by atoms with Crippen molar-refractivity contribution >= 4 is 22.0 Å². The minimum atomic E-state index is 0.816. The fourth-order valence-corrected chi connectivity index (χ4v) is 1.56. The zero-order valence-electron chi connectivity index (χ0n) is 7.58. The van der Waals surface area contributed by atoms with Crippen molar-refractivity contribution in [2.24, 2.45) is 0 Å². The molecule has 13 heavy (non-hydrogen) atoms. The number of ether oxygens (including phenoxy) is 2. The second-order valence-electron chi connectivity index (χ2n) is 2.40. The number of hydrogen-bond acceptors (Lipinski definition) is 2. The fraction of sp³-hybridized carbons (Fsp3) is 0.200. The summed E-state index contributed by atoms with van der Waals surface area (Å²) in [5.41, 5.74) is 0.985. The largest absolute Gasteiger partial charge is 0.504 e. The molecule has 3 heteroatoms. The van der Waals surface area contributed by atoms with Crippen molar-refractivity contribution < 1.29 is 9.47 Å². The van der Waals surface area contributed by atoms with E-state index < -0.39 is 0 Å². The van der Waals surface area contributed by atoms with Gasteiger partial charge >= 0.3 is 0 Å². The molecule has 0 saturated heterocycles. The van der Waals surface area contributed by atoms with Crippen molar-refractivity contribution in [2.45, 2.75) is 0 Å². The molecular weight excluding hydrogens is 232 g/mol. The van der Waals surface area contributed by atoms with Gasteiger partial charge in [-0.05, 0) is 28.1 Å². The topological polar surface area (TPSA) is 18.5 Å². The van der Waals surface area contributed by atoms with Gasteiger partial charge in [-0.15, -0.1) is 0 Å². The zero-order chi connectivity index (χ0) is 9.68. The second-order valence-corrected chi connectivity index (χ2v) is 3.26. The van der Waals surface area contributed by atoms with Crippen LogP contribution in [0.4, 0.5) is 0 Å². The lowest BCUT2D eigenvalue weighted by Gasteiger charge is -2.06. The number of hydrogen-bond donors (Lipinski definition) is 0. The van der Waals surface area contributed by atoms with Crippen molar-refractivity contribution in [3.63, 3.8) is 0 Å².